The quantitative estimate of drug-likeness (QED) is 0.161. The summed E-state index contributed by atoms with van der Waals surface area (Å²) in [7, 11) is 0. The van der Waals surface area contributed by atoms with Gasteiger partial charge in [-0.15, -0.1) is 17.4 Å². The van der Waals surface area contributed by atoms with E-state index in [1.165, 1.54) is 0 Å². The first kappa shape index (κ1) is 34.7. The van der Waals surface area contributed by atoms with E-state index in [2.05, 4.69) is 130 Å². The van der Waals surface area contributed by atoms with Gasteiger partial charge in [0, 0.05) is 82.2 Å². The molecule has 0 radical (unpaired) electrons. The molecular weight excluding hydrogens is 685 g/mol. The van der Waals surface area contributed by atoms with Crippen molar-refractivity contribution < 1.29 is 14.5 Å². The molecule has 1 N–H and O–H groups in total. The van der Waals surface area contributed by atoms with Gasteiger partial charge < -0.3 is 5.11 Å². The van der Waals surface area contributed by atoms with Crippen molar-refractivity contribution in [1.82, 2.24) is 4.57 Å². The summed E-state index contributed by atoms with van der Waals surface area (Å²) in [6.07, 6.45) is 13.5. The van der Waals surface area contributed by atoms with Crippen LogP contribution in [0.5, 0.6) is 0 Å². The first-order valence-electron chi connectivity index (χ1n) is 16.5. The van der Waals surface area contributed by atoms with E-state index < -0.39 is 0 Å². The van der Waals surface area contributed by atoms with Crippen LogP contribution < -0.4 is 5.35 Å². The van der Waals surface area contributed by atoms with Gasteiger partial charge in [-0.1, -0.05) is 54.6 Å². The van der Waals surface area contributed by atoms with Gasteiger partial charge in [0.1, 0.15) is 5.76 Å². The SMILES string of the molecule is C#CC#CC#CC#CC#CC#Cn1c(=CC2=C(O)C(=CC3=[N+](C#CC#CC#CC#CC#CC#C)c4cccc5cccc3c45)C2=O)c2cccc3cccc1c32. The molecule has 0 unspecified atom stereocenters. The standard InChI is InChI=1S/C52H16N2O2/c1-3-5-7-9-11-13-15-17-19-21-35-53-45-33-25-29-39-27-23-31-41(49(39)45)47(53)37-43-51(55)44(52(43)56)38-48-42-32-24-28-40-30-26-34-46(50(40)42)54(48)36-22-20-18-16-14-12-10-8-6-4-2/h1-2,23-34,37-38H/p+1. The monoisotopic (exact) mass is 701 g/mol. The Hall–Kier alpha value is -9.72. The van der Waals surface area contributed by atoms with Crippen molar-refractivity contribution in [1.29, 1.82) is 0 Å². The van der Waals surface area contributed by atoms with Crippen molar-refractivity contribution >= 4 is 55.7 Å². The van der Waals surface area contributed by atoms with Crippen LogP contribution in [-0.4, -0.2) is 25.7 Å². The Labute approximate surface area is 323 Å². The zero-order valence-electron chi connectivity index (χ0n) is 29.0. The summed E-state index contributed by atoms with van der Waals surface area (Å²) in [4.78, 5) is 13.9. The Balaban J connectivity index is 1.30. The van der Waals surface area contributed by atoms with Gasteiger partial charge >= 0.3 is 0 Å². The van der Waals surface area contributed by atoms with Crippen molar-refractivity contribution in [3.05, 3.63) is 107 Å². The number of aliphatic hydroxyl groups is 1. The highest BCUT2D eigenvalue weighted by atomic mass is 16.3. The van der Waals surface area contributed by atoms with Gasteiger partial charge in [-0.2, -0.15) is 0 Å². The van der Waals surface area contributed by atoms with Gasteiger partial charge in [0.05, 0.1) is 38.9 Å². The Morgan fingerprint density at radius 2 is 1.12 bits per heavy atom. The van der Waals surface area contributed by atoms with Crippen LogP contribution in [0.4, 0.5) is 5.69 Å². The molecule has 0 saturated carbocycles. The van der Waals surface area contributed by atoms with Crippen LogP contribution in [0.1, 0.15) is 5.56 Å². The Morgan fingerprint density at radius 3 is 1.75 bits per heavy atom. The molecule has 2 aliphatic rings. The van der Waals surface area contributed by atoms with Gasteiger partial charge in [-0.05, 0) is 88.2 Å². The first-order chi connectivity index (χ1) is 27.6. The molecule has 1 aliphatic carbocycles. The number of carbonyl (C=O) groups is 1. The number of ketones is 1. The van der Waals surface area contributed by atoms with Crippen molar-refractivity contribution in [3.63, 3.8) is 0 Å². The van der Waals surface area contributed by atoms with Crippen molar-refractivity contribution in [3.8, 4) is 143 Å². The van der Waals surface area contributed by atoms with Gasteiger partial charge in [0.2, 0.25) is 23.2 Å². The van der Waals surface area contributed by atoms with Crippen molar-refractivity contribution in [2.75, 3.05) is 0 Å². The lowest BCUT2D eigenvalue weighted by Gasteiger charge is -2.18. The summed E-state index contributed by atoms with van der Waals surface area (Å²) in [6, 6.07) is 29.7. The van der Waals surface area contributed by atoms with Crippen molar-refractivity contribution in [2.24, 2.45) is 0 Å². The third-order valence-corrected chi connectivity index (χ3v) is 8.32. The van der Waals surface area contributed by atoms with Crippen LogP contribution in [0.2, 0.25) is 0 Å². The highest BCUT2D eigenvalue weighted by molar-refractivity contribution is 6.29. The topological polar surface area (TPSA) is 45.2 Å². The fraction of sp³-hybridized carbons (Fsp3) is 0. The summed E-state index contributed by atoms with van der Waals surface area (Å²) in [5.74, 6) is 50.4. The molecule has 4 nitrogen and oxygen atoms in total. The van der Waals surface area contributed by atoms with E-state index >= 15 is 0 Å². The summed E-state index contributed by atoms with van der Waals surface area (Å²) in [5.41, 5.74) is 3.42. The summed E-state index contributed by atoms with van der Waals surface area (Å²) in [6.45, 7) is 0. The molecule has 0 fully saturated rings. The smallest absolute Gasteiger partial charge is 0.244 e. The Kier molecular flexibility index (Phi) is 9.98. The molecule has 7 rings (SSSR count). The van der Waals surface area contributed by atoms with Crippen LogP contribution in [0.3, 0.4) is 0 Å². The number of benzene rings is 4. The second-order valence-electron chi connectivity index (χ2n) is 11.4. The van der Waals surface area contributed by atoms with E-state index in [1.54, 1.807) is 21.3 Å². The average Bonchev–Trinajstić information content (AvgIpc) is 3.70. The van der Waals surface area contributed by atoms with E-state index in [4.69, 9.17) is 12.8 Å². The minimum Gasteiger partial charge on any atom is -0.506 e. The van der Waals surface area contributed by atoms with Crippen LogP contribution >= 0.6 is 0 Å². The number of carbonyl (C=O) groups excluding carboxylic acids is 1. The maximum atomic E-state index is 13.9. The van der Waals surface area contributed by atoms with Gasteiger partial charge in [0.25, 0.3) is 0 Å². The fourth-order valence-corrected chi connectivity index (χ4v) is 6.13. The molecule has 0 atom stereocenters. The molecule has 0 saturated heterocycles. The van der Waals surface area contributed by atoms with Gasteiger partial charge in [-0.25, -0.2) is 0 Å². The number of aromatic nitrogens is 1. The molecule has 246 valence electrons. The highest BCUT2D eigenvalue weighted by Gasteiger charge is 2.37. The Bertz CT molecular complexity index is 3560. The molecule has 5 aromatic rings. The second kappa shape index (κ2) is 16.1. The molecular formula is C52H17N2O2+. The lowest BCUT2D eigenvalue weighted by molar-refractivity contribution is -0.329. The molecule has 2 heterocycles. The third-order valence-electron chi connectivity index (χ3n) is 8.32. The number of Topliss-reactive ketones (excluding diaryl/α,β-unsaturated/α-hetero) is 1. The second-order valence-corrected chi connectivity index (χ2v) is 11.4. The highest BCUT2D eigenvalue weighted by Crippen LogP contribution is 2.37. The largest absolute Gasteiger partial charge is 0.506 e. The molecule has 0 spiro atoms. The zero-order chi connectivity index (χ0) is 38.7. The molecule has 56 heavy (non-hydrogen) atoms. The van der Waals surface area contributed by atoms with E-state index in [-0.39, 0.29) is 22.7 Å². The number of rotatable bonds is 2. The maximum Gasteiger partial charge on any atom is 0.244 e. The first-order valence-corrected chi connectivity index (χ1v) is 16.5. The Morgan fingerprint density at radius 1 is 0.589 bits per heavy atom. The normalized spacial score (nSPS) is 12.0. The lowest BCUT2D eigenvalue weighted by Crippen LogP contribution is -2.25. The van der Waals surface area contributed by atoms with Crippen molar-refractivity contribution in [2.45, 2.75) is 0 Å². The molecule has 1 aliphatic heterocycles. The predicted octanol–water partition coefficient (Wildman–Crippen LogP) is 4.98. The molecule has 0 bridgehead atoms. The van der Waals surface area contributed by atoms with Crippen LogP contribution in [0, 0.1) is 143 Å². The molecule has 1 aromatic heterocycles. The van der Waals surface area contributed by atoms with Gasteiger partial charge in [0.15, 0.2) is 0 Å². The van der Waals surface area contributed by atoms with Gasteiger partial charge in [-0.3, -0.25) is 9.36 Å². The van der Waals surface area contributed by atoms with E-state index in [1.807, 2.05) is 72.8 Å². The number of hydrogen-bond donors (Lipinski definition) is 1. The zero-order valence-corrected chi connectivity index (χ0v) is 29.0. The number of aliphatic hydroxyl groups excluding tert-OH is 1. The number of hydrogen-bond acceptors (Lipinski definition) is 2. The third kappa shape index (κ3) is 6.82. The number of terminal acetylenes is 2. The maximum absolute atomic E-state index is 13.9. The number of allylic oxidation sites excluding steroid dienone is 3. The van der Waals surface area contributed by atoms with E-state index in [0.29, 0.717) is 11.1 Å². The summed E-state index contributed by atoms with van der Waals surface area (Å²) < 4.78 is 3.52. The molecule has 4 aromatic carbocycles. The van der Waals surface area contributed by atoms with E-state index in [9.17, 15) is 9.90 Å². The van der Waals surface area contributed by atoms with Crippen LogP contribution in [0.25, 0.3) is 38.5 Å². The number of nitrogens with zero attached hydrogens (tertiary/aromatic N) is 2. The summed E-state index contributed by atoms with van der Waals surface area (Å²) >= 11 is 0. The average molecular weight is 702 g/mol. The minimum absolute atomic E-state index is 0.145. The fourth-order valence-electron chi connectivity index (χ4n) is 6.13. The van der Waals surface area contributed by atoms with Crippen LogP contribution in [-0.2, 0) is 4.79 Å². The summed E-state index contributed by atoms with van der Waals surface area (Å²) in [5, 5.41) is 16.9. The van der Waals surface area contributed by atoms with E-state index in [0.717, 1.165) is 43.7 Å². The predicted molar refractivity (Wildman–Crippen MR) is 221 cm³/mol. The molecule has 0 amide bonds. The lowest BCUT2D eigenvalue weighted by atomic mass is 9.86. The van der Waals surface area contributed by atoms with Crippen LogP contribution in [0.15, 0.2) is 95.8 Å². The molecule has 4 heteroatoms. The minimum atomic E-state index is -0.333.